The van der Waals surface area contributed by atoms with Crippen molar-refractivity contribution in [2.45, 2.75) is 114 Å². The molecule has 0 amide bonds. The van der Waals surface area contributed by atoms with E-state index in [-0.39, 0.29) is 0 Å². The second-order valence-corrected chi connectivity index (χ2v) is 8.36. The van der Waals surface area contributed by atoms with Gasteiger partial charge in [-0.05, 0) is 31.9 Å². The van der Waals surface area contributed by atoms with Crippen molar-refractivity contribution in [3.63, 3.8) is 0 Å². The van der Waals surface area contributed by atoms with Gasteiger partial charge >= 0.3 is 0 Å². The first-order valence-corrected chi connectivity index (χ1v) is 11.0. The Labute approximate surface area is 137 Å². The zero-order valence-corrected chi connectivity index (χ0v) is 15.1. The molecular weight excluding hydrogens is 274 g/mol. The average molecular weight is 312 g/mol. The van der Waals surface area contributed by atoms with Gasteiger partial charge in [0.15, 0.2) is 0 Å². The molecule has 0 saturated heterocycles. The van der Waals surface area contributed by atoms with E-state index in [2.05, 4.69) is 23.3 Å². The van der Waals surface area contributed by atoms with E-state index in [4.69, 9.17) is 0 Å². The molecule has 0 spiro atoms. The molecule has 1 nitrogen and oxygen atoms in total. The Hall–Kier alpha value is 0.310. The minimum Gasteiger partial charge on any atom is -0.310 e. The van der Waals surface area contributed by atoms with E-state index in [1.165, 1.54) is 96.3 Å². The first kappa shape index (κ1) is 17.7. The maximum Gasteiger partial charge on any atom is 0.0198 e. The molecular formula is C19H37NS. The molecule has 2 fully saturated rings. The quantitative estimate of drug-likeness (QED) is 0.694. The lowest BCUT2D eigenvalue weighted by Gasteiger charge is -2.34. The predicted octanol–water partition coefficient (Wildman–Crippen LogP) is 5.92. The summed E-state index contributed by atoms with van der Waals surface area (Å²) in [5.74, 6) is 0. The fourth-order valence-corrected chi connectivity index (χ4v) is 5.15. The van der Waals surface area contributed by atoms with Crippen molar-refractivity contribution in [1.29, 1.82) is 0 Å². The van der Waals surface area contributed by atoms with Crippen molar-refractivity contribution in [1.82, 2.24) is 5.32 Å². The Morgan fingerprint density at radius 1 is 0.619 bits per heavy atom. The van der Waals surface area contributed by atoms with Gasteiger partial charge in [-0.25, -0.2) is 0 Å². The van der Waals surface area contributed by atoms with Gasteiger partial charge in [-0.2, -0.15) is 11.8 Å². The molecule has 124 valence electrons. The van der Waals surface area contributed by atoms with Crippen LogP contribution in [0.15, 0.2) is 0 Å². The molecule has 1 N–H and O–H groups in total. The van der Waals surface area contributed by atoms with Crippen LogP contribution in [0.2, 0.25) is 0 Å². The lowest BCUT2D eigenvalue weighted by atomic mass is 9.92. The highest BCUT2D eigenvalue weighted by Gasteiger charge is 2.26. The third-order valence-electron chi connectivity index (χ3n) is 5.56. The Morgan fingerprint density at radius 2 is 1.10 bits per heavy atom. The molecule has 2 heteroatoms. The number of rotatable bonds is 3. The van der Waals surface area contributed by atoms with Crippen molar-refractivity contribution >= 4 is 11.8 Å². The van der Waals surface area contributed by atoms with Crippen LogP contribution in [0.1, 0.15) is 96.3 Å². The molecule has 2 unspecified atom stereocenters. The zero-order valence-electron chi connectivity index (χ0n) is 14.2. The minimum absolute atomic E-state index is 0.798. The molecule has 0 radical (unpaired) electrons. The van der Waals surface area contributed by atoms with Crippen molar-refractivity contribution in [3.8, 4) is 0 Å². The lowest BCUT2D eigenvalue weighted by molar-refractivity contribution is 0.313. The normalized spacial score (nSPS) is 31.3. The van der Waals surface area contributed by atoms with Crippen LogP contribution in [0, 0.1) is 0 Å². The molecule has 2 rings (SSSR count). The lowest BCUT2D eigenvalue weighted by Crippen LogP contribution is -2.45. The summed E-state index contributed by atoms with van der Waals surface area (Å²) in [7, 11) is 0. The SMILES string of the molecule is CSC1CCCCC1NC1CCCCCCCCCCC1. The molecule has 0 bridgehead atoms. The highest BCUT2D eigenvalue weighted by molar-refractivity contribution is 7.99. The van der Waals surface area contributed by atoms with Crippen LogP contribution in [0.25, 0.3) is 0 Å². The van der Waals surface area contributed by atoms with Gasteiger partial charge in [0.2, 0.25) is 0 Å². The summed E-state index contributed by atoms with van der Waals surface area (Å²) in [6.07, 6.45) is 24.2. The van der Waals surface area contributed by atoms with Gasteiger partial charge in [0, 0.05) is 17.3 Å². The first-order chi connectivity index (χ1) is 10.4. The summed E-state index contributed by atoms with van der Waals surface area (Å²) >= 11 is 2.10. The smallest absolute Gasteiger partial charge is 0.0198 e. The van der Waals surface area contributed by atoms with E-state index in [1.807, 2.05) is 0 Å². The van der Waals surface area contributed by atoms with Crippen LogP contribution < -0.4 is 5.32 Å². The summed E-state index contributed by atoms with van der Waals surface area (Å²) in [6, 6.07) is 1.61. The Bertz CT molecular complexity index is 244. The highest BCUT2D eigenvalue weighted by Crippen LogP contribution is 2.28. The van der Waals surface area contributed by atoms with Crippen LogP contribution in [0.5, 0.6) is 0 Å². The molecule has 2 aliphatic carbocycles. The second-order valence-electron chi connectivity index (χ2n) is 7.29. The van der Waals surface area contributed by atoms with E-state index in [9.17, 15) is 0 Å². The summed E-state index contributed by atoms with van der Waals surface area (Å²) < 4.78 is 0. The molecule has 21 heavy (non-hydrogen) atoms. The van der Waals surface area contributed by atoms with Crippen molar-refractivity contribution < 1.29 is 0 Å². The van der Waals surface area contributed by atoms with Crippen LogP contribution in [0.4, 0.5) is 0 Å². The second kappa shape index (κ2) is 10.9. The van der Waals surface area contributed by atoms with Gasteiger partial charge < -0.3 is 5.32 Å². The standard InChI is InChI=1S/C19H37NS/c1-21-19-16-12-11-15-18(19)20-17-13-9-7-5-3-2-4-6-8-10-14-17/h17-20H,2-16H2,1H3. The van der Waals surface area contributed by atoms with Crippen LogP contribution in [-0.2, 0) is 0 Å². The van der Waals surface area contributed by atoms with E-state index in [1.54, 1.807) is 0 Å². The van der Waals surface area contributed by atoms with Gasteiger partial charge in [0.1, 0.15) is 0 Å². The summed E-state index contributed by atoms with van der Waals surface area (Å²) in [5.41, 5.74) is 0. The summed E-state index contributed by atoms with van der Waals surface area (Å²) in [4.78, 5) is 0. The highest BCUT2D eigenvalue weighted by atomic mass is 32.2. The first-order valence-electron chi connectivity index (χ1n) is 9.69. The van der Waals surface area contributed by atoms with Gasteiger partial charge in [0.05, 0.1) is 0 Å². The van der Waals surface area contributed by atoms with E-state index >= 15 is 0 Å². The topological polar surface area (TPSA) is 12.0 Å². The number of hydrogen-bond donors (Lipinski definition) is 1. The molecule has 2 saturated carbocycles. The van der Waals surface area contributed by atoms with Crippen LogP contribution in [-0.4, -0.2) is 23.6 Å². The predicted molar refractivity (Wildman–Crippen MR) is 97.3 cm³/mol. The number of nitrogens with one attached hydrogen (secondary N) is 1. The van der Waals surface area contributed by atoms with E-state index in [0.717, 1.165) is 17.3 Å². The van der Waals surface area contributed by atoms with Crippen molar-refractivity contribution in [3.05, 3.63) is 0 Å². The maximum absolute atomic E-state index is 4.09. The molecule has 2 aliphatic rings. The molecule has 0 aromatic carbocycles. The molecule has 0 aromatic heterocycles. The van der Waals surface area contributed by atoms with Gasteiger partial charge in [-0.1, -0.05) is 70.6 Å². The monoisotopic (exact) mass is 311 g/mol. The third kappa shape index (κ3) is 6.95. The van der Waals surface area contributed by atoms with Crippen LogP contribution in [0.3, 0.4) is 0 Å². The van der Waals surface area contributed by atoms with Crippen molar-refractivity contribution in [2.75, 3.05) is 6.26 Å². The Balaban J connectivity index is 1.78. The number of thioether (sulfide) groups is 1. The van der Waals surface area contributed by atoms with Gasteiger partial charge in [-0.15, -0.1) is 0 Å². The van der Waals surface area contributed by atoms with Gasteiger partial charge in [0.25, 0.3) is 0 Å². The largest absolute Gasteiger partial charge is 0.310 e. The number of hydrogen-bond acceptors (Lipinski definition) is 2. The van der Waals surface area contributed by atoms with Gasteiger partial charge in [-0.3, -0.25) is 0 Å². The fourth-order valence-electron chi connectivity index (χ4n) is 4.20. The molecule has 0 aromatic rings. The third-order valence-corrected chi connectivity index (χ3v) is 6.73. The average Bonchev–Trinajstić information content (AvgIpc) is 2.50. The van der Waals surface area contributed by atoms with E-state index < -0.39 is 0 Å². The molecule has 2 atom stereocenters. The minimum atomic E-state index is 0.798. The Morgan fingerprint density at radius 3 is 1.67 bits per heavy atom. The summed E-state index contributed by atoms with van der Waals surface area (Å²) in [5, 5.41) is 4.97. The molecule has 0 heterocycles. The fraction of sp³-hybridized carbons (Fsp3) is 1.00. The summed E-state index contributed by atoms with van der Waals surface area (Å²) in [6.45, 7) is 0. The molecule has 0 aliphatic heterocycles. The van der Waals surface area contributed by atoms with Crippen LogP contribution >= 0.6 is 11.8 Å². The maximum atomic E-state index is 4.09. The zero-order chi connectivity index (χ0) is 14.8. The van der Waals surface area contributed by atoms with Crippen molar-refractivity contribution in [2.24, 2.45) is 0 Å². The van der Waals surface area contributed by atoms with E-state index in [0.29, 0.717) is 0 Å². The Kier molecular flexibility index (Phi) is 9.20.